The van der Waals surface area contributed by atoms with Crippen LogP contribution in [0.3, 0.4) is 0 Å². The maximum Gasteiger partial charge on any atom is 0.0620 e. The zero-order valence-electron chi connectivity index (χ0n) is 29.9. The van der Waals surface area contributed by atoms with Gasteiger partial charge in [-0.1, -0.05) is 101 Å². The third-order valence-electron chi connectivity index (χ3n) is 9.87. The van der Waals surface area contributed by atoms with E-state index < -0.39 is 0 Å². The van der Waals surface area contributed by atoms with Gasteiger partial charge in [0.1, 0.15) is 0 Å². The number of fused-ring (bicyclic) bond motifs is 7. The van der Waals surface area contributed by atoms with E-state index in [2.05, 4.69) is 139 Å². The molecule has 3 heterocycles. The lowest BCUT2D eigenvalue weighted by Crippen LogP contribution is -2.25. The molecule has 0 radical (unpaired) electrons. The van der Waals surface area contributed by atoms with Crippen LogP contribution in [0.2, 0.25) is 0 Å². The van der Waals surface area contributed by atoms with Gasteiger partial charge in [0.2, 0.25) is 0 Å². The van der Waals surface area contributed by atoms with Gasteiger partial charge in [0.15, 0.2) is 0 Å². The average Bonchev–Trinajstić information content (AvgIpc) is 3.81. The smallest absolute Gasteiger partial charge is 0.0620 e. The lowest BCUT2D eigenvalue weighted by Gasteiger charge is -2.17. The highest BCUT2D eigenvalue weighted by Crippen LogP contribution is 2.41. The van der Waals surface area contributed by atoms with Crippen LogP contribution in [0.5, 0.6) is 0 Å². The van der Waals surface area contributed by atoms with Crippen LogP contribution in [0.4, 0.5) is 0 Å². The van der Waals surface area contributed by atoms with E-state index in [0.717, 1.165) is 19.3 Å². The molecule has 0 saturated heterocycles. The van der Waals surface area contributed by atoms with Crippen molar-refractivity contribution in [1.29, 1.82) is 0 Å². The number of hydrogen-bond acceptors (Lipinski definition) is 1. The van der Waals surface area contributed by atoms with Gasteiger partial charge in [0.25, 0.3) is 0 Å². The molecule has 1 aliphatic rings. The highest BCUT2D eigenvalue weighted by molar-refractivity contribution is 8.02. The summed E-state index contributed by atoms with van der Waals surface area (Å²) >= 11 is 1.86. The third kappa shape index (κ3) is 5.18. The van der Waals surface area contributed by atoms with Crippen molar-refractivity contribution in [1.82, 2.24) is 9.38 Å². The van der Waals surface area contributed by atoms with Gasteiger partial charge in [0.05, 0.1) is 11.0 Å². The summed E-state index contributed by atoms with van der Waals surface area (Å²) in [5.74, 6) is 0. The summed E-state index contributed by atoms with van der Waals surface area (Å²) in [7, 11) is 0. The van der Waals surface area contributed by atoms with Crippen molar-refractivity contribution in [3.05, 3.63) is 118 Å². The van der Waals surface area contributed by atoms with Crippen molar-refractivity contribution < 1.29 is 0 Å². The summed E-state index contributed by atoms with van der Waals surface area (Å²) in [6.07, 6.45) is 14.7. The predicted molar refractivity (Wildman–Crippen MR) is 222 cm³/mol. The average molecular weight is 659 g/mol. The number of aromatic amines is 1. The van der Waals surface area contributed by atoms with E-state index in [9.17, 15) is 0 Å². The molecular weight excluding hydrogens is 613 g/mol. The number of nitrogens with zero attached hydrogens (tertiary/aromatic N) is 1. The molecule has 246 valence electrons. The first kappa shape index (κ1) is 32.8. The summed E-state index contributed by atoms with van der Waals surface area (Å²) in [5, 5.41) is 11.8. The second kappa shape index (κ2) is 13.6. The van der Waals surface area contributed by atoms with E-state index in [1.165, 1.54) is 97.5 Å². The zero-order valence-corrected chi connectivity index (χ0v) is 30.7. The predicted octanol–water partition coefficient (Wildman–Crippen LogP) is 12.6. The summed E-state index contributed by atoms with van der Waals surface area (Å²) < 4.78 is 2.55. The lowest BCUT2D eigenvalue weighted by atomic mass is 9.92. The first-order valence-electron chi connectivity index (χ1n) is 18.1. The van der Waals surface area contributed by atoms with Gasteiger partial charge >= 0.3 is 0 Å². The number of allylic oxidation sites excluding steroid dienone is 3. The Bertz CT molecular complexity index is 2680. The molecule has 3 aromatic heterocycles. The molecule has 0 atom stereocenters. The summed E-state index contributed by atoms with van der Waals surface area (Å²) in [6, 6.07) is 32.1. The summed E-state index contributed by atoms with van der Waals surface area (Å²) in [4.78, 5) is 4.99. The van der Waals surface area contributed by atoms with Crippen molar-refractivity contribution in [3.63, 3.8) is 0 Å². The number of aromatic nitrogens is 2. The molecule has 5 aromatic carbocycles. The minimum Gasteiger partial charge on any atom is -0.355 e. The van der Waals surface area contributed by atoms with Crippen LogP contribution in [0.15, 0.2) is 102 Å². The van der Waals surface area contributed by atoms with E-state index in [-0.39, 0.29) is 0 Å². The standard InChI is InChI=1S/C42H34N2S.2C2H6/c1-4-11-39-28(5-2)35-22-27(25-18-19-38-33(20-25)30-13-6-8-16-37(30)43-38)23-36-34-21-26-12-10-15-29(31-14-7-9-17-41(31)45-3)32(26)24-40(34)44(39)42(35)36;2*1-2/h5-6,8-13,15-24,43H,4,7,14H2,1-3H3;2*1-2H3/b28-5-,39-11+;;. The fourth-order valence-electron chi connectivity index (χ4n) is 7.89. The maximum absolute atomic E-state index is 3.60. The van der Waals surface area contributed by atoms with Gasteiger partial charge in [-0.3, -0.25) is 0 Å². The van der Waals surface area contributed by atoms with E-state index in [1.54, 1.807) is 0 Å². The van der Waals surface area contributed by atoms with E-state index in [0.29, 0.717) is 0 Å². The number of rotatable bonds is 4. The second-order valence-corrected chi connectivity index (χ2v) is 13.1. The Morgan fingerprint density at radius 2 is 1.53 bits per heavy atom. The Morgan fingerprint density at radius 1 is 0.755 bits per heavy atom. The molecule has 0 bridgehead atoms. The van der Waals surface area contributed by atoms with Crippen molar-refractivity contribution in [2.75, 3.05) is 6.26 Å². The number of nitrogens with one attached hydrogen (secondary N) is 1. The van der Waals surface area contributed by atoms with Gasteiger partial charge in [0, 0.05) is 53.4 Å². The number of benzene rings is 5. The largest absolute Gasteiger partial charge is 0.355 e. The van der Waals surface area contributed by atoms with Gasteiger partial charge in [-0.15, -0.1) is 11.8 Å². The van der Waals surface area contributed by atoms with Crippen molar-refractivity contribution in [3.8, 4) is 11.1 Å². The number of thioether (sulfide) groups is 1. The van der Waals surface area contributed by atoms with Gasteiger partial charge in [-0.25, -0.2) is 0 Å². The highest BCUT2D eigenvalue weighted by Gasteiger charge is 2.20. The first-order chi connectivity index (χ1) is 24.2. The molecule has 9 rings (SSSR count). The Balaban J connectivity index is 0.000000914. The zero-order chi connectivity index (χ0) is 34.2. The van der Waals surface area contributed by atoms with Gasteiger partial charge in [-0.2, -0.15) is 0 Å². The molecule has 0 unspecified atom stereocenters. The summed E-state index contributed by atoms with van der Waals surface area (Å²) in [6.45, 7) is 12.4. The van der Waals surface area contributed by atoms with Crippen LogP contribution in [0, 0.1) is 0 Å². The second-order valence-electron chi connectivity index (χ2n) is 12.3. The SMILES string of the molecule is C/C=c1\c(=C/CC)n2c3cc4c(C5=C(SC)C=CCC5)cccc4cc3c3cc(-c4ccc5[nH]c6ccccc6c5c4)cc1c32.CC.CC. The Kier molecular flexibility index (Phi) is 9.13. The van der Waals surface area contributed by atoms with Crippen molar-refractivity contribution in [2.24, 2.45) is 0 Å². The number of hydrogen-bond donors (Lipinski definition) is 1. The van der Waals surface area contributed by atoms with E-state index in [1.807, 2.05) is 39.5 Å². The Labute approximate surface area is 293 Å². The van der Waals surface area contributed by atoms with Crippen LogP contribution in [-0.2, 0) is 0 Å². The number of H-pyrrole nitrogens is 1. The monoisotopic (exact) mass is 658 g/mol. The van der Waals surface area contributed by atoms with Crippen LogP contribution >= 0.6 is 11.8 Å². The van der Waals surface area contributed by atoms with Crippen molar-refractivity contribution in [2.45, 2.75) is 60.8 Å². The molecule has 8 aromatic rings. The normalized spacial score (nSPS) is 14.1. The Hall–Kier alpha value is -4.73. The van der Waals surface area contributed by atoms with Crippen LogP contribution in [-0.4, -0.2) is 15.6 Å². The number of para-hydroxylation sites is 1. The highest BCUT2D eigenvalue weighted by atomic mass is 32.2. The quantitative estimate of drug-likeness (QED) is 0.199. The Morgan fingerprint density at radius 3 is 2.33 bits per heavy atom. The van der Waals surface area contributed by atoms with Crippen molar-refractivity contribution >= 4 is 89.3 Å². The fourth-order valence-corrected chi connectivity index (χ4v) is 8.58. The van der Waals surface area contributed by atoms with Crippen LogP contribution in [0.1, 0.15) is 66.4 Å². The van der Waals surface area contributed by atoms with E-state index >= 15 is 0 Å². The van der Waals surface area contributed by atoms with E-state index in [4.69, 9.17) is 0 Å². The molecule has 1 aliphatic carbocycles. The topological polar surface area (TPSA) is 20.2 Å². The van der Waals surface area contributed by atoms with Gasteiger partial charge < -0.3 is 9.38 Å². The summed E-state index contributed by atoms with van der Waals surface area (Å²) in [5.41, 5.74) is 10.4. The molecule has 1 N–H and O–H groups in total. The lowest BCUT2D eigenvalue weighted by molar-refractivity contribution is 1.05. The molecular formula is C46H46N2S. The molecule has 0 amide bonds. The molecule has 0 fully saturated rings. The third-order valence-corrected chi connectivity index (χ3v) is 10.7. The van der Waals surface area contributed by atoms with Crippen LogP contribution < -0.4 is 10.6 Å². The first-order valence-corrected chi connectivity index (χ1v) is 19.3. The van der Waals surface area contributed by atoms with Gasteiger partial charge in [-0.05, 0) is 108 Å². The molecule has 0 spiro atoms. The maximum atomic E-state index is 3.60. The molecule has 49 heavy (non-hydrogen) atoms. The molecule has 2 nitrogen and oxygen atoms in total. The minimum absolute atomic E-state index is 0.987. The molecule has 0 aliphatic heterocycles. The van der Waals surface area contributed by atoms with Crippen LogP contribution in [0.25, 0.3) is 88.6 Å². The minimum atomic E-state index is 0.987. The molecule has 3 heteroatoms. The fraction of sp³-hybridized carbons (Fsp3) is 0.217. The molecule has 0 saturated carbocycles.